The highest BCUT2D eigenvalue weighted by molar-refractivity contribution is 7.97. The van der Waals surface area contributed by atoms with E-state index in [1.54, 1.807) is 0 Å². The third-order valence-corrected chi connectivity index (χ3v) is 10.7. The molecule has 0 radical (unpaired) electrons. The molecule has 0 aromatic heterocycles. The van der Waals surface area contributed by atoms with Crippen LogP contribution in [-0.4, -0.2) is 0 Å². The Hall–Kier alpha value is -4.73. The van der Waals surface area contributed by atoms with Gasteiger partial charge < -0.3 is 9.47 Å². The molecule has 0 aliphatic carbocycles. The first-order chi connectivity index (χ1) is 23.3. The van der Waals surface area contributed by atoms with E-state index < -0.39 is 0 Å². The van der Waals surface area contributed by atoms with E-state index in [9.17, 15) is 0 Å². The van der Waals surface area contributed by atoms with Gasteiger partial charge in [-0.2, -0.15) is 11.8 Å². The van der Waals surface area contributed by atoms with Gasteiger partial charge in [0.1, 0.15) is 23.7 Å². The van der Waals surface area contributed by atoms with E-state index >= 15 is 0 Å². The molecular weight excluding hydrogens is 593 g/mol. The number of hydrogen-bond donors (Lipinski definition) is 0. The van der Waals surface area contributed by atoms with Crippen molar-refractivity contribution in [1.82, 2.24) is 0 Å². The average molecular weight is 631 g/mol. The summed E-state index contributed by atoms with van der Waals surface area (Å²) < 4.78 is 13.2. The Morgan fingerprint density at radius 1 is 0.404 bits per heavy atom. The smallest absolute Gasteiger partial charge is 0.131 e. The summed E-state index contributed by atoms with van der Waals surface area (Å²) in [6.07, 6.45) is 1.97. The second-order valence-electron chi connectivity index (χ2n) is 12.7. The predicted octanol–water partition coefficient (Wildman–Crippen LogP) is 11.0. The molecule has 4 atom stereocenters. The molecule has 6 aromatic rings. The summed E-state index contributed by atoms with van der Waals surface area (Å²) in [5, 5.41) is 0. The average Bonchev–Trinajstić information content (AvgIpc) is 3.15. The molecule has 4 unspecified atom stereocenters. The fourth-order valence-electron chi connectivity index (χ4n) is 7.18. The molecule has 0 spiro atoms. The molecule has 0 bridgehead atoms. The van der Waals surface area contributed by atoms with Gasteiger partial charge in [-0.15, -0.1) is 0 Å². The molecule has 2 aliphatic heterocycles. The third-order valence-electron chi connectivity index (χ3n) is 9.67. The van der Waals surface area contributed by atoms with Crippen LogP contribution >= 0.6 is 11.8 Å². The zero-order valence-electron chi connectivity index (χ0n) is 26.4. The van der Waals surface area contributed by atoms with Gasteiger partial charge in [0.15, 0.2) is 0 Å². The highest BCUT2D eigenvalue weighted by Crippen LogP contribution is 2.45. The normalized spacial score (nSPS) is 19.9. The number of para-hydroxylation sites is 2. The van der Waals surface area contributed by atoms with Crippen LogP contribution < -0.4 is 9.47 Å². The van der Waals surface area contributed by atoms with Gasteiger partial charge in [-0.1, -0.05) is 146 Å². The van der Waals surface area contributed by atoms with Crippen molar-refractivity contribution in [2.45, 2.75) is 48.4 Å². The van der Waals surface area contributed by atoms with E-state index in [1.165, 1.54) is 44.5 Å². The molecule has 0 saturated heterocycles. The lowest BCUT2D eigenvalue weighted by Crippen LogP contribution is -2.24. The topological polar surface area (TPSA) is 18.5 Å². The van der Waals surface area contributed by atoms with Crippen molar-refractivity contribution in [2.24, 2.45) is 0 Å². The molecule has 2 heterocycles. The van der Waals surface area contributed by atoms with Crippen LogP contribution in [0.2, 0.25) is 0 Å². The van der Waals surface area contributed by atoms with Crippen molar-refractivity contribution in [2.75, 3.05) is 0 Å². The summed E-state index contributed by atoms with van der Waals surface area (Å²) in [5.74, 6) is 4.53. The minimum atomic E-state index is 0.00665. The van der Waals surface area contributed by atoms with Gasteiger partial charge in [0.25, 0.3) is 0 Å². The van der Waals surface area contributed by atoms with Gasteiger partial charge in [0, 0.05) is 23.3 Å². The summed E-state index contributed by atoms with van der Waals surface area (Å²) in [4.78, 5) is 0. The van der Waals surface area contributed by atoms with Crippen LogP contribution in [0.15, 0.2) is 158 Å². The monoisotopic (exact) mass is 630 g/mol. The molecule has 6 aromatic carbocycles. The lowest BCUT2D eigenvalue weighted by molar-refractivity contribution is 0.151. The Labute approximate surface area is 282 Å². The standard InChI is InChI=1S/C44H38O2S/c1-3-11-35(12-4-1)43-39(27-37-15-7-9-17-41(37)45-43)33-23-19-31(20-24-33)29-47-30-32-21-25-34(26-22-32)40-28-38-16-8-10-18-42(38)46-44(40)36-13-5-2-6-14-36/h1-26,39-40,43-44H,27-30H2. The number of thioether (sulfide) groups is 1. The van der Waals surface area contributed by atoms with Crippen molar-refractivity contribution >= 4 is 11.8 Å². The minimum absolute atomic E-state index is 0.00665. The number of hydrogen-bond acceptors (Lipinski definition) is 3. The van der Waals surface area contributed by atoms with Crippen molar-refractivity contribution in [3.8, 4) is 11.5 Å². The summed E-state index contributed by atoms with van der Waals surface area (Å²) in [6, 6.07) is 56.7. The van der Waals surface area contributed by atoms with Crippen molar-refractivity contribution in [3.63, 3.8) is 0 Å². The van der Waals surface area contributed by atoms with E-state index in [0.717, 1.165) is 35.8 Å². The highest BCUT2D eigenvalue weighted by Gasteiger charge is 2.33. The lowest BCUT2D eigenvalue weighted by atomic mass is 9.82. The van der Waals surface area contributed by atoms with Gasteiger partial charge in [0.05, 0.1) is 0 Å². The Morgan fingerprint density at radius 3 is 1.21 bits per heavy atom. The lowest BCUT2D eigenvalue weighted by Gasteiger charge is -2.34. The largest absolute Gasteiger partial charge is 0.485 e. The fraction of sp³-hybridized carbons (Fsp3) is 0.182. The molecule has 0 N–H and O–H groups in total. The van der Waals surface area contributed by atoms with Crippen LogP contribution in [0.4, 0.5) is 0 Å². The van der Waals surface area contributed by atoms with Crippen LogP contribution in [0.25, 0.3) is 0 Å². The quantitative estimate of drug-likeness (QED) is 0.167. The summed E-state index contributed by atoms with van der Waals surface area (Å²) >= 11 is 1.97. The molecule has 2 nitrogen and oxygen atoms in total. The minimum Gasteiger partial charge on any atom is -0.485 e. The third kappa shape index (κ3) is 6.46. The number of benzene rings is 6. The molecule has 2 aliphatic rings. The number of rotatable bonds is 8. The van der Waals surface area contributed by atoms with Gasteiger partial charge >= 0.3 is 0 Å². The predicted molar refractivity (Wildman–Crippen MR) is 193 cm³/mol. The molecular formula is C44H38O2S. The summed E-state index contributed by atoms with van der Waals surface area (Å²) in [5.41, 5.74) is 10.4. The summed E-state index contributed by atoms with van der Waals surface area (Å²) in [6.45, 7) is 0. The molecule has 47 heavy (non-hydrogen) atoms. The van der Waals surface area contributed by atoms with Crippen LogP contribution in [0, 0.1) is 0 Å². The SMILES string of the molecule is c1ccc(C2Oc3ccccc3CC2c2ccc(CSCc3ccc(C4Cc5ccccc5OC4c4ccccc4)cc3)cc2)cc1. The van der Waals surface area contributed by atoms with E-state index in [2.05, 4.69) is 158 Å². The van der Waals surface area contributed by atoms with Crippen LogP contribution in [0.3, 0.4) is 0 Å². The molecule has 0 fully saturated rings. The Morgan fingerprint density at radius 2 is 0.787 bits per heavy atom. The van der Waals surface area contributed by atoms with Crippen molar-refractivity contribution in [3.05, 3.63) is 202 Å². The second-order valence-corrected chi connectivity index (χ2v) is 13.7. The maximum atomic E-state index is 6.61. The maximum absolute atomic E-state index is 6.61. The van der Waals surface area contributed by atoms with Crippen LogP contribution in [0.5, 0.6) is 11.5 Å². The Kier molecular flexibility index (Phi) is 8.55. The number of fused-ring (bicyclic) bond motifs is 2. The molecule has 0 amide bonds. The van der Waals surface area contributed by atoms with Crippen molar-refractivity contribution < 1.29 is 9.47 Å². The van der Waals surface area contributed by atoms with E-state index in [1.807, 2.05) is 11.8 Å². The molecule has 232 valence electrons. The number of ether oxygens (including phenoxy) is 2. The van der Waals surface area contributed by atoms with Gasteiger partial charge in [0.2, 0.25) is 0 Å². The second kappa shape index (κ2) is 13.6. The first kappa shape index (κ1) is 29.7. The molecule has 0 saturated carbocycles. The fourth-order valence-corrected chi connectivity index (χ4v) is 8.14. The zero-order valence-corrected chi connectivity index (χ0v) is 27.2. The van der Waals surface area contributed by atoms with Crippen LogP contribution in [-0.2, 0) is 24.3 Å². The van der Waals surface area contributed by atoms with Crippen LogP contribution in [0.1, 0.15) is 68.6 Å². The van der Waals surface area contributed by atoms with E-state index in [0.29, 0.717) is 0 Å². The van der Waals surface area contributed by atoms with Gasteiger partial charge in [-0.25, -0.2) is 0 Å². The van der Waals surface area contributed by atoms with E-state index in [-0.39, 0.29) is 24.0 Å². The highest BCUT2D eigenvalue weighted by atomic mass is 32.2. The van der Waals surface area contributed by atoms with Crippen molar-refractivity contribution in [1.29, 1.82) is 0 Å². The Bertz CT molecular complexity index is 1780. The first-order valence-corrected chi connectivity index (χ1v) is 17.8. The zero-order chi connectivity index (χ0) is 31.4. The molecule has 3 heteroatoms. The van der Waals surface area contributed by atoms with E-state index in [4.69, 9.17) is 9.47 Å². The molecule has 8 rings (SSSR count). The van der Waals surface area contributed by atoms with Gasteiger partial charge in [-0.05, 0) is 69.5 Å². The maximum Gasteiger partial charge on any atom is 0.131 e. The Balaban J connectivity index is 0.925. The first-order valence-electron chi connectivity index (χ1n) is 16.6. The van der Waals surface area contributed by atoms with Gasteiger partial charge in [-0.3, -0.25) is 0 Å². The summed E-state index contributed by atoms with van der Waals surface area (Å²) in [7, 11) is 0.